The highest BCUT2D eigenvalue weighted by Gasteiger charge is 2.13. The molecule has 2 rings (SSSR count). The highest BCUT2D eigenvalue weighted by molar-refractivity contribution is 6.00. The molecule has 2 aromatic rings. The standard InChI is InChI=1S/C15H15F2N3O/c1-8-5-12(17)14(7-11(8)16)20-13-6-9(18)3-4-10(13)15(21)19-2/h3-7,20H,18H2,1-2H3,(H,19,21). The van der Waals surface area contributed by atoms with Crippen LogP contribution >= 0.6 is 0 Å². The largest absolute Gasteiger partial charge is 0.399 e. The molecule has 110 valence electrons. The van der Waals surface area contributed by atoms with Crippen molar-refractivity contribution in [2.45, 2.75) is 6.92 Å². The number of hydrogen-bond acceptors (Lipinski definition) is 3. The van der Waals surface area contributed by atoms with E-state index in [-0.39, 0.29) is 22.7 Å². The van der Waals surface area contributed by atoms with Crippen molar-refractivity contribution in [1.29, 1.82) is 0 Å². The Morgan fingerprint density at radius 2 is 1.81 bits per heavy atom. The normalized spacial score (nSPS) is 10.3. The summed E-state index contributed by atoms with van der Waals surface area (Å²) in [7, 11) is 1.48. The molecule has 2 aromatic carbocycles. The minimum atomic E-state index is -0.612. The van der Waals surface area contributed by atoms with Crippen LogP contribution in [0.4, 0.5) is 25.8 Å². The Bertz CT molecular complexity index is 702. The second-order valence-corrected chi connectivity index (χ2v) is 4.59. The van der Waals surface area contributed by atoms with E-state index in [0.29, 0.717) is 11.4 Å². The second kappa shape index (κ2) is 5.78. The average molecular weight is 291 g/mol. The van der Waals surface area contributed by atoms with Gasteiger partial charge in [0.15, 0.2) is 0 Å². The summed E-state index contributed by atoms with van der Waals surface area (Å²) in [6.45, 7) is 1.47. The first kappa shape index (κ1) is 14.8. The molecular weight excluding hydrogens is 276 g/mol. The fourth-order valence-corrected chi connectivity index (χ4v) is 1.89. The Kier molecular flexibility index (Phi) is 4.07. The maximum Gasteiger partial charge on any atom is 0.253 e. The fraction of sp³-hybridized carbons (Fsp3) is 0.133. The number of nitrogen functional groups attached to an aromatic ring is 1. The van der Waals surface area contributed by atoms with Crippen molar-refractivity contribution < 1.29 is 13.6 Å². The molecule has 0 saturated carbocycles. The molecule has 0 radical (unpaired) electrons. The molecule has 4 N–H and O–H groups in total. The van der Waals surface area contributed by atoms with Crippen molar-refractivity contribution in [3.63, 3.8) is 0 Å². The number of nitrogens with one attached hydrogen (secondary N) is 2. The lowest BCUT2D eigenvalue weighted by atomic mass is 10.1. The molecule has 0 heterocycles. The Labute approximate surface area is 121 Å². The van der Waals surface area contributed by atoms with Crippen molar-refractivity contribution in [1.82, 2.24) is 5.32 Å². The van der Waals surface area contributed by atoms with Crippen molar-refractivity contribution in [2.75, 3.05) is 18.1 Å². The summed E-state index contributed by atoms with van der Waals surface area (Å²) < 4.78 is 27.4. The lowest BCUT2D eigenvalue weighted by Crippen LogP contribution is -2.19. The minimum absolute atomic E-state index is 0.0612. The van der Waals surface area contributed by atoms with Crippen LogP contribution in [0.25, 0.3) is 0 Å². The van der Waals surface area contributed by atoms with Gasteiger partial charge in [0.25, 0.3) is 5.91 Å². The van der Waals surface area contributed by atoms with Crippen molar-refractivity contribution in [3.05, 3.63) is 53.1 Å². The van der Waals surface area contributed by atoms with Gasteiger partial charge in [-0.1, -0.05) is 0 Å². The zero-order chi connectivity index (χ0) is 15.6. The van der Waals surface area contributed by atoms with Crippen LogP contribution in [0.15, 0.2) is 30.3 Å². The molecule has 0 fully saturated rings. The van der Waals surface area contributed by atoms with Gasteiger partial charge in [0, 0.05) is 18.8 Å². The third-order valence-corrected chi connectivity index (χ3v) is 3.03. The lowest BCUT2D eigenvalue weighted by molar-refractivity contribution is 0.0964. The number of carbonyl (C=O) groups is 1. The molecule has 0 saturated heterocycles. The highest BCUT2D eigenvalue weighted by atomic mass is 19.1. The van der Waals surface area contributed by atoms with Gasteiger partial charge in [-0.3, -0.25) is 4.79 Å². The molecule has 1 amide bonds. The van der Waals surface area contributed by atoms with E-state index in [1.54, 1.807) is 6.07 Å². The minimum Gasteiger partial charge on any atom is -0.399 e. The van der Waals surface area contributed by atoms with Crippen LogP contribution in [0.1, 0.15) is 15.9 Å². The van der Waals surface area contributed by atoms with Crippen LogP contribution in [0, 0.1) is 18.6 Å². The first-order valence-electron chi connectivity index (χ1n) is 6.26. The molecule has 0 aliphatic rings. The predicted octanol–water partition coefficient (Wildman–Crippen LogP) is 2.96. The Morgan fingerprint density at radius 3 is 2.48 bits per heavy atom. The van der Waals surface area contributed by atoms with Gasteiger partial charge in [-0.05, 0) is 36.8 Å². The zero-order valence-corrected chi connectivity index (χ0v) is 11.6. The summed E-state index contributed by atoms with van der Waals surface area (Å²) in [6.07, 6.45) is 0. The van der Waals surface area contributed by atoms with Gasteiger partial charge < -0.3 is 16.4 Å². The number of aryl methyl sites for hydroxylation is 1. The van der Waals surface area contributed by atoms with Gasteiger partial charge in [-0.25, -0.2) is 8.78 Å². The molecule has 21 heavy (non-hydrogen) atoms. The van der Waals surface area contributed by atoms with Gasteiger partial charge in [0.05, 0.1) is 16.9 Å². The van der Waals surface area contributed by atoms with Crippen LogP contribution < -0.4 is 16.4 Å². The molecule has 0 aliphatic heterocycles. The van der Waals surface area contributed by atoms with Gasteiger partial charge in [0.1, 0.15) is 11.6 Å². The molecular formula is C15H15F2N3O. The number of amides is 1. The number of hydrogen-bond donors (Lipinski definition) is 3. The SMILES string of the molecule is CNC(=O)c1ccc(N)cc1Nc1cc(F)c(C)cc1F. The summed E-state index contributed by atoms with van der Waals surface area (Å²) in [5, 5.41) is 5.18. The predicted molar refractivity (Wildman–Crippen MR) is 78.6 cm³/mol. The molecule has 0 spiro atoms. The third kappa shape index (κ3) is 3.10. The van der Waals surface area contributed by atoms with Crippen LogP contribution in [-0.2, 0) is 0 Å². The molecule has 0 atom stereocenters. The molecule has 4 nitrogen and oxygen atoms in total. The van der Waals surface area contributed by atoms with E-state index in [4.69, 9.17) is 5.73 Å². The highest BCUT2D eigenvalue weighted by Crippen LogP contribution is 2.27. The first-order chi connectivity index (χ1) is 9.92. The van der Waals surface area contributed by atoms with Crippen molar-refractivity contribution in [2.24, 2.45) is 0 Å². The molecule has 0 bridgehead atoms. The van der Waals surface area contributed by atoms with Crippen LogP contribution in [0.5, 0.6) is 0 Å². The van der Waals surface area contributed by atoms with Crippen molar-refractivity contribution in [3.8, 4) is 0 Å². The van der Waals surface area contributed by atoms with E-state index in [9.17, 15) is 13.6 Å². The van der Waals surface area contributed by atoms with E-state index in [0.717, 1.165) is 12.1 Å². The third-order valence-electron chi connectivity index (χ3n) is 3.03. The summed E-state index contributed by atoms with van der Waals surface area (Å²) in [6, 6.07) is 6.69. The molecule has 0 unspecified atom stereocenters. The molecule has 0 aliphatic carbocycles. The van der Waals surface area contributed by atoms with Gasteiger partial charge in [-0.15, -0.1) is 0 Å². The maximum atomic E-state index is 13.9. The monoisotopic (exact) mass is 291 g/mol. The first-order valence-corrected chi connectivity index (χ1v) is 6.26. The van der Waals surface area contributed by atoms with E-state index in [1.807, 2.05) is 0 Å². The number of nitrogens with two attached hydrogens (primary N) is 1. The summed E-state index contributed by atoms with van der Waals surface area (Å²) in [5.41, 5.74) is 6.81. The molecule has 0 aromatic heterocycles. The van der Waals surface area contributed by atoms with Gasteiger partial charge in [0.2, 0.25) is 0 Å². The summed E-state index contributed by atoms with van der Waals surface area (Å²) >= 11 is 0. The average Bonchev–Trinajstić information content (AvgIpc) is 2.44. The van der Waals surface area contributed by atoms with E-state index < -0.39 is 11.6 Å². The number of anilines is 3. The second-order valence-electron chi connectivity index (χ2n) is 4.59. The maximum absolute atomic E-state index is 13.9. The topological polar surface area (TPSA) is 67.2 Å². The number of benzene rings is 2. The Hall–Kier alpha value is -2.63. The molecule has 6 heteroatoms. The van der Waals surface area contributed by atoms with Crippen LogP contribution in [0.2, 0.25) is 0 Å². The smallest absolute Gasteiger partial charge is 0.253 e. The van der Waals surface area contributed by atoms with E-state index in [2.05, 4.69) is 10.6 Å². The summed E-state index contributed by atoms with van der Waals surface area (Å²) in [5.74, 6) is -1.51. The van der Waals surface area contributed by atoms with Crippen LogP contribution in [0.3, 0.4) is 0 Å². The summed E-state index contributed by atoms with van der Waals surface area (Å²) in [4.78, 5) is 11.8. The number of rotatable bonds is 3. The van der Waals surface area contributed by atoms with E-state index >= 15 is 0 Å². The Balaban J connectivity index is 2.46. The van der Waals surface area contributed by atoms with E-state index in [1.165, 1.54) is 26.1 Å². The fourth-order valence-electron chi connectivity index (χ4n) is 1.89. The number of halogens is 2. The number of carbonyl (C=O) groups excluding carboxylic acids is 1. The lowest BCUT2D eigenvalue weighted by Gasteiger charge is -2.13. The van der Waals surface area contributed by atoms with Gasteiger partial charge >= 0.3 is 0 Å². The van der Waals surface area contributed by atoms with Gasteiger partial charge in [-0.2, -0.15) is 0 Å². The quantitative estimate of drug-likeness (QED) is 0.762. The Morgan fingerprint density at radius 1 is 1.10 bits per heavy atom. The zero-order valence-electron chi connectivity index (χ0n) is 11.6. The van der Waals surface area contributed by atoms with Crippen molar-refractivity contribution >= 4 is 23.0 Å². The van der Waals surface area contributed by atoms with Crippen LogP contribution in [-0.4, -0.2) is 13.0 Å².